The van der Waals surface area contributed by atoms with Crippen molar-refractivity contribution in [1.29, 1.82) is 0 Å². The van der Waals surface area contributed by atoms with Gasteiger partial charge in [0.25, 0.3) is 0 Å². The first-order chi connectivity index (χ1) is 8.70. The van der Waals surface area contributed by atoms with Crippen LogP contribution in [0, 0.1) is 5.92 Å². The maximum Gasteiger partial charge on any atom is 0.223 e. The molecule has 18 heavy (non-hydrogen) atoms. The Hall–Kier alpha value is -1.43. The van der Waals surface area contributed by atoms with Gasteiger partial charge < -0.3 is 10.5 Å². The molecule has 6 heteroatoms. The van der Waals surface area contributed by atoms with E-state index in [1.54, 1.807) is 7.11 Å². The molecule has 0 aromatic carbocycles. The van der Waals surface area contributed by atoms with E-state index in [4.69, 9.17) is 10.5 Å². The highest BCUT2D eigenvalue weighted by molar-refractivity contribution is 5.76. The first kappa shape index (κ1) is 13.0. The molecule has 0 radical (unpaired) electrons. The maximum absolute atomic E-state index is 11.0. The SMILES string of the molecule is COCc1c(CC(N)=O)nnn1CCC1CCC1. The fourth-order valence-electron chi connectivity index (χ4n) is 2.23. The molecule has 1 aliphatic rings. The summed E-state index contributed by atoms with van der Waals surface area (Å²) in [5, 5.41) is 8.13. The van der Waals surface area contributed by atoms with Crippen LogP contribution in [-0.4, -0.2) is 28.0 Å². The second kappa shape index (κ2) is 5.95. The number of aryl methyl sites for hydroxylation is 1. The van der Waals surface area contributed by atoms with Gasteiger partial charge in [0.15, 0.2) is 0 Å². The summed E-state index contributed by atoms with van der Waals surface area (Å²) >= 11 is 0. The summed E-state index contributed by atoms with van der Waals surface area (Å²) in [7, 11) is 1.62. The van der Waals surface area contributed by atoms with Gasteiger partial charge in [-0.15, -0.1) is 5.10 Å². The van der Waals surface area contributed by atoms with Gasteiger partial charge in [0.2, 0.25) is 5.91 Å². The molecule has 0 aliphatic heterocycles. The molecule has 2 N–H and O–H groups in total. The number of methoxy groups -OCH3 is 1. The van der Waals surface area contributed by atoms with Crippen molar-refractivity contribution in [3.05, 3.63) is 11.4 Å². The van der Waals surface area contributed by atoms with Crippen LogP contribution in [0.2, 0.25) is 0 Å². The number of ether oxygens (including phenoxy) is 1. The highest BCUT2D eigenvalue weighted by atomic mass is 16.5. The third-order valence-electron chi connectivity index (χ3n) is 3.51. The molecule has 1 aromatic rings. The number of carbonyl (C=O) groups is 1. The van der Waals surface area contributed by atoms with E-state index in [2.05, 4.69) is 10.3 Å². The summed E-state index contributed by atoms with van der Waals surface area (Å²) in [6, 6.07) is 0. The Kier molecular flexibility index (Phi) is 4.30. The molecule has 0 unspecified atom stereocenters. The zero-order chi connectivity index (χ0) is 13.0. The Labute approximate surface area is 106 Å². The second-order valence-electron chi connectivity index (χ2n) is 4.87. The predicted molar refractivity (Wildman–Crippen MR) is 65.6 cm³/mol. The third-order valence-corrected chi connectivity index (χ3v) is 3.51. The normalized spacial score (nSPS) is 15.6. The number of rotatable bonds is 7. The summed E-state index contributed by atoms with van der Waals surface area (Å²) in [6.45, 7) is 1.26. The average Bonchev–Trinajstić information content (AvgIpc) is 2.60. The summed E-state index contributed by atoms with van der Waals surface area (Å²) in [6.07, 6.45) is 5.24. The predicted octanol–water partition coefficient (Wildman–Crippen LogP) is 0.642. The van der Waals surface area contributed by atoms with Gasteiger partial charge in [0.05, 0.1) is 24.4 Å². The van der Waals surface area contributed by atoms with Crippen LogP contribution in [0.25, 0.3) is 0 Å². The Morgan fingerprint density at radius 2 is 2.33 bits per heavy atom. The summed E-state index contributed by atoms with van der Waals surface area (Å²) in [5.41, 5.74) is 6.70. The summed E-state index contributed by atoms with van der Waals surface area (Å²) in [4.78, 5) is 11.0. The van der Waals surface area contributed by atoms with E-state index < -0.39 is 5.91 Å². The van der Waals surface area contributed by atoms with Gasteiger partial charge in [0, 0.05) is 13.7 Å². The van der Waals surface area contributed by atoms with Gasteiger partial charge in [-0.2, -0.15) is 0 Å². The van der Waals surface area contributed by atoms with Gasteiger partial charge >= 0.3 is 0 Å². The Bertz CT molecular complexity index is 412. The zero-order valence-corrected chi connectivity index (χ0v) is 10.8. The Balaban J connectivity index is 2.02. The van der Waals surface area contributed by atoms with Crippen molar-refractivity contribution in [2.75, 3.05) is 7.11 Å². The van der Waals surface area contributed by atoms with E-state index in [0.717, 1.165) is 24.6 Å². The topological polar surface area (TPSA) is 83.0 Å². The number of primary amides is 1. The van der Waals surface area contributed by atoms with E-state index in [1.807, 2.05) is 4.68 Å². The van der Waals surface area contributed by atoms with Gasteiger partial charge in [-0.3, -0.25) is 4.79 Å². The van der Waals surface area contributed by atoms with Crippen molar-refractivity contribution in [2.24, 2.45) is 11.7 Å². The first-order valence-electron chi connectivity index (χ1n) is 6.39. The molecule has 1 aromatic heterocycles. The molecule has 1 aliphatic carbocycles. The van der Waals surface area contributed by atoms with Crippen LogP contribution in [0.15, 0.2) is 0 Å². The first-order valence-corrected chi connectivity index (χ1v) is 6.39. The minimum atomic E-state index is -0.390. The maximum atomic E-state index is 11.0. The molecule has 0 atom stereocenters. The van der Waals surface area contributed by atoms with Crippen LogP contribution in [0.3, 0.4) is 0 Å². The fourth-order valence-corrected chi connectivity index (χ4v) is 2.23. The van der Waals surface area contributed by atoms with Crippen LogP contribution in [-0.2, 0) is 29.1 Å². The van der Waals surface area contributed by atoms with Crippen LogP contribution in [0.4, 0.5) is 0 Å². The largest absolute Gasteiger partial charge is 0.378 e. The third kappa shape index (κ3) is 3.07. The minimum Gasteiger partial charge on any atom is -0.378 e. The highest BCUT2D eigenvalue weighted by Gasteiger charge is 2.19. The number of aromatic nitrogens is 3. The summed E-state index contributed by atoms with van der Waals surface area (Å²) in [5.74, 6) is 0.433. The van der Waals surface area contributed by atoms with Crippen LogP contribution < -0.4 is 5.73 Å². The fraction of sp³-hybridized carbons (Fsp3) is 0.750. The lowest BCUT2D eigenvalue weighted by atomic mass is 9.83. The second-order valence-corrected chi connectivity index (χ2v) is 4.87. The molecule has 0 saturated heterocycles. The molecule has 1 amide bonds. The van der Waals surface area contributed by atoms with Gasteiger partial charge in [-0.1, -0.05) is 24.5 Å². The van der Waals surface area contributed by atoms with Crippen LogP contribution in [0.5, 0.6) is 0 Å². The van der Waals surface area contributed by atoms with Crippen molar-refractivity contribution in [2.45, 2.75) is 45.3 Å². The highest BCUT2D eigenvalue weighted by Crippen LogP contribution is 2.29. The summed E-state index contributed by atoms with van der Waals surface area (Å²) < 4.78 is 6.99. The molecular formula is C12H20N4O2. The van der Waals surface area contributed by atoms with Crippen LogP contribution in [0.1, 0.15) is 37.1 Å². The van der Waals surface area contributed by atoms with Crippen molar-refractivity contribution >= 4 is 5.91 Å². The number of nitrogens with two attached hydrogens (primary N) is 1. The van der Waals surface area contributed by atoms with Crippen molar-refractivity contribution in [3.8, 4) is 0 Å². The zero-order valence-electron chi connectivity index (χ0n) is 10.8. The van der Waals surface area contributed by atoms with Crippen LogP contribution >= 0.6 is 0 Å². The Morgan fingerprint density at radius 3 is 2.89 bits per heavy atom. The van der Waals surface area contributed by atoms with E-state index in [9.17, 15) is 4.79 Å². The number of nitrogens with zero attached hydrogens (tertiary/aromatic N) is 3. The molecule has 2 rings (SSSR count). The molecule has 0 spiro atoms. The molecule has 100 valence electrons. The standard InChI is InChI=1S/C12H20N4O2/c1-18-8-11-10(7-12(13)17)14-15-16(11)6-5-9-3-2-4-9/h9H,2-8H2,1H3,(H2,13,17). The van der Waals surface area contributed by atoms with Gasteiger partial charge in [-0.25, -0.2) is 4.68 Å². The molecule has 1 fully saturated rings. The van der Waals surface area contributed by atoms with E-state index in [0.29, 0.717) is 12.3 Å². The lowest BCUT2D eigenvalue weighted by molar-refractivity contribution is -0.117. The van der Waals surface area contributed by atoms with E-state index >= 15 is 0 Å². The smallest absolute Gasteiger partial charge is 0.223 e. The van der Waals surface area contributed by atoms with E-state index in [1.165, 1.54) is 19.3 Å². The number of carbonyl (C=O) groups excluding carboxylic acids is 1. The van der Waals surface area contributed by atoms with Crippen molar-refractivity contribution < 1.29 is 9.53 Å². The lowest BCUT2D eigenvalue weighted by Gasteiger charge is -2.25. The van der Waals surface area contributed by atoms with Gasteiger partial charge in [-0.05, 0) is 12.3 Å². The van der Waals surface area contributed by atoms with E-state index in [-0.39, 0.29) is 6.42 Å². The number of hydrogen-bond donors (Lipinski definition) is 1. The quantitative estimate of drug-likeness (QED) is 0.772. The Morgan fingerprint density at radius 1 is 1.56 bits per heavy atom. The average molecular weight is 252 g/mol. The molecule has 1 heterocycles. The number of amides is 1. The molecule has 6 nitrogen and oxygen atoms in total. The molecular weight excluding hydrogens is 232 g/mol. The van der Waals surface area contributed by atoms with Crippen molar-refractivity contribution in [1.82, 2.24) is 15.0 Å². The monoisotopic (exact) mass is 252 g/mol. The lowest BCUT2D eigenvalue weighted by Crippen LogP contribution is -2.17. The minimum absolute atomic E-state index is 0.127. The molecule has 0 bridgehead atoms. The number of hydrogen-bond acceptors (Lipinski definition) is 4. The van der Waals surface area contributed by atoms with Crippen molar-refractivity contribution in [3.63, 3.8) is 0 Å². The molecule has 1 saturated carbocycles. The van der Waals surface area contributed by atoms with Gasteiger partial charge in [0.1, 0.15) is 0 Å².